The highest BCUT2D eigenvalue weighted by Gasteiger charge is 2.20. The first-order valence-corrected chi connectivity index (χ1v) is 6.11. The van der Waals surface area contributed by atoms with Crippen LogP contribution in [0, 0.1) is 5.92 Å². The van der Waals surface area contributed by atoms with Crippen LogP contribution in [0.4, 0.5) is 5.69 Å². The molecule has 1 fully saturated rings. The summed E-state index contributed by atoms with van der Waals surface area (Å²) in [5.41, 5.74) is 0.754. The van der Waals surface area contributed by atoms with Gasteiger partial charge in [0.05, 0.1) is 5.69 Å². The van der Waals surface area contributed by atoms with Crippen molar-refractivity contribution in [1.29, 1.82) is 0 Å². The predicted octanol–water partition coefficient (Wildman–Crippen LogP) is 2.77. The smallest absolute Gasteiger partial charge is 0.356 e. The Morgan fingerprint density at radius 3 is 3.06 bits per heavy atom. The number of carboxylic acid groups (broad SMARTS) is 1. The highest BCUT2D eigenvalue weighted by molar-refractivity contribution is 5.91. The number of anilines is 1. The van der Waals surface area contributed by atoms with Crippen LogP contribution in [0.2, 0.25) is 0 Å². The van der Waals surface area contributed by atoms with Crippen molar-refractivity contribution < 1.29 is 9.90 Å². The average Bonchev–Trinajstić information content (AvgIpc) is 2.29. The first-order chi connectivity index (χ1) is 8.16. The van der Waals surface area contributed by atoms with Crippen LogP contribution >= 0.6 is 0 Å². The zero-order chi connectivity index (χ0) is 12.3. The topological polar surface area (TPSA) is 62.2 Å². The van der Waals surface area contributed by atoms with Crippen molar-refractivity contribution in [2.75, 3.05) is 5.32 Å². The molecule has 0 saturated heterocycles. The van der Waals surface area contributed by atoms with Crippen LogP contribution in [0.1, 0.15) is 43.1 Å². The summed E-state index contributed by atoms with van der Waals surface area (Å²) < 4.78 is 0. The maximum absolute atomic E-state index is 11.0. The number of pyridine rings is 1. The fourth-order valence-electron chi connectivity index (χ4n) is 2.48. The van der Waals surface area contributed by atoms with Crippen LogP contribution in [0.5, 0.6) is 0 Å². The first-order valence-electron chi connectivity index (χ1n) is 6.11. The van der Waals surface area contributed by atoms with Crippen molar-refractivity contribution in [3.63, 3.8) is 0 Å². The van der Waals surface area contributed by atoms with E-state index in [1.54, 1.807) is 12.1 Å². The molecule has 0 radical (unpaired) electrons. The molecule has 2 unspecified atom stereocenters. The maximum Gasteiger partial charge on any atom is 0.356 e. The van der Waals surface area contributed by atoms with Gasteiger partial charge in [0, 0.05) is 12.2 Å². The number of hydrogen-bond acceptors (Lipinski definition) is 3. The molecule has 1 aromatic heterocycles. The van der Waals surface area contributed by atoms with E-state index in [4.69, 9.17) is 5.11 Å². The second kappa shape index (κ2) is 5.17. The molecular weight excluding hydrogens is 216 g/mol. The van der Waals surface area contributed by atoms with Gasteiger partial charge in [0.15, 0.2) is 5.69 Å². The zero-order valence-electron chi connectivity index (χ0n) is 10.0. The molecule has 0 bridgehead atoms. The molecule has 0 aromatic carbocycles. The average molecular weight is 234 g/mol. The summed E-state index contributed by atoms with van der Waals surface area (Å²) in [6, 6.07) is 3.93. The molecule has 0 aliphatic heterocycles. The lowest BCUT2D eigenvalue weighted by Gasteiger charge is -2.28. The van der Waals surface area contributed by atoms with E-state index < -0.39 is 5.97 Å². The molecule has 1 aliphatic carbocycles. The Bertz CT molecular complexity index is 406. The number of rotatable bonds is 3. The number of carbonyl (C=O) groups is 1. The molecule has 2 atom stereocenters. The summed E-state index contributed by atoms with van der Waals surface area (Å²) in [6.07, 6.45) is 6.21. The van der Waals surface area contributed by atoms with Gasteiger partial charge in [0.1, 0.15) is 0 Å². The van der Waals surface area contributed by atoms with Crippen molar-refractivity contribution in [1.82, 2.24) is 4.98 Å². The number of hydrogen-bond donors (Lipinski definition) is 2. The summed E-state index contributed by atoms with van der Waals surface area (Å²) in [5.74, 6) is -0.261. The van der Waals surface area contributed by atoms with E-state index in [0.29, 0.717) is 17.6 Å². The number of aromatic carboxylic acids is 1. The molecular formula is C13H18N2O2. The number of nitrogens with one attached hydrogen (secondary N) is 1. The molecule has 0 amide bonds. The Morgan fingerprint density at radius 2 is 2.35 bits per heavy atom. The van der Waals surface area contributed by atoms with Gasteiger partial charge in [-0.2, -0.15) is 0 Å². The van der Waals surface area contributed by atoms with E-state index in [1.165, 1.54) is 19.0 Å². The Kier molecular flexibility index (Phi) is 3.61. The minimum absolute atomic E-state index is 0.116. The molecule has 1 aromatic rings. The standard InChI is InChI=1S/C13H18N2O2/c1-9-4-2-5-10(8-9)15-11-6-3-7-14-12(11)13(16)17/h3,6-7,9-10,15H,2,4-5,8H2,1H3,(H,16,17). The molecule has 2 rings (SSSR count). The highest BCUT2D eigenvalue weighted by atomic mass is 16.4. The second-order valence-corrected chi connectivity index (χ2v) is 4.82. The fourth-order valence-corrected chi connectivity index (χ4v) is 2.48. The van der Waals surface area contributed by atoms with Crippen molar-refractivity contribution in [3.05, 3.63) is 24.0 Å². The van der Waals surface area contributed by atoms with Gasteiger partial charge < -0.3 is 10.4 Å². The van der Waals surface area contributed by atoms with Gasteiger partial charge in [-0.1, -0.05) is 19.8 Å². The summed E-state index contributed by atoms with van der Waals surface area (Å²) >= 11 is 0. The molecule has 0 spiro atoms. The minimum atomic E-state index is -0.975. The lowest BCUT2D eigenvalue weighted by Crippen LogP contribution is -2.27. The number of nitrogens with zero attached hydrogens (tertiary/aromatic N) is 1. The maximum atomic E-state index is 11.0. The van der Waals surface area contributed by atoms with Crippen molar-refractivity contribution in [3.8, 4) is 0 Å². The van der Waals surface area contributed by atoms with Crippen LogP contribution in [0.15, 0.2) is 18.3 Å². The van der Waals surface area contributed by atoms with Gasteiger partial charge in [-0.3, -0.25) is 0 Å². The Morgan fingerprint density at radius 1 is 1.53 bits per heavy atom. The third-order valence-electron chi connectivity index (χ3n) is 3.31. The van der Waals surface area contributed by atoms with E-state index in [1.807, 2.05) is 0 Å². The molecule has 4 nitrogen and oxygen atoms in total. The third kappa shape index (κ3) is 2.96. The Balaban J connectivity index is 2.10. The molecule has 2 N–H and O–H groups in total. The normalized spacial score (nSPS) is 24.3. The summed E-state index contributed by atoms with van der Waals surface area (Å²) in [6.45, 7) is 2.25. The van der Waals surface area contributed by atoms with Crippen molar-refractivity contribution >= 4 is 11.7 Å². The first kappa shape index (κ1) is 11.9. The van der Waals surface area contributed by atoms with Crippen LogP contribution in [0.3, 0.4) is 0 Å². The summed E-state index contributed by atoms with van der Waals surface area (Å²) in [5, 5.41) is 12.4. The molecule has 1 aliphatic rings. The molecule has 92 valence electrons. The van der Waals surface area contributed by atoms with Gasteiger partial charge in [0.25, 0.3) is 0 Å². The van der Waals surface area contributed by atoms with Crippen LogP contribution in [0.25, 0.3) is 0 Å². The zero-order valence-corrected chi connectivity index (χ0v) is 10.0. The van der Waals surface area contributed by atoms with Gasteiger partial charge >= 0.3 is 5.97 Å². The van der Waals surface area contributed by atoms with Crippen molar-refractivity contribution in [2.24, 2.45) is 5.92 Å². The Hall–Kier alpha value is -1.58. The highest BCUT2D eigenvalue weighted by Crippen LogP contribution is 2.26. The van der Waals surface area contributed by atoms with E-state index in [2.05, 4.69) is 17.2 Å². The summed E-state index contributed by atoms with van der Waals surface area (Å²) in [4.78, 5) is 14.9. The van der Waals surface area contributed by atoms with Crippen LogP contribution < -0.4 is 5.32 Å². The van der Waals surface area contributed by atoms with Crippen LogP contribution in [-0.4, -0.2) is 22.1 Å². The largest absolute Gasteiger partial charge is 0.476 e. The second-order valence-electron chi connectivity index (χ2n) is 4.82. The number of carboxylic acids is 1. The quantitative estimate of drug-likeness (QED) is 0.844. The predicted molar refractivity (Wildman–Crippen MR) is 66.2 cm³/mol. The molecule has 4 heteroatoms. The monoisotopic (exact) mass is 234 g/mol. The lowest BCUT2D eigenvalue weighted by atomic mass is 9.87. The lowest BCUT2D eigenvalue weighted by molar-refractivity contribution is 0.0691. The van der Waals surface area contributed by atoms with E-state index in [9.17, 15) is 4.79 Å². The van der Waals surface area contributed by atoms with Crippen LogP contribution in [-0.2, 0) is 0 Å². The Labute approximate surface area is 101 Å². The van der Waals surface area contributed by atoms with Crippen molar-refractivity contribution in [2.45, 2.75) is 38.6 Å². The fraction of sp³-hybridized carbons (Fsp3) is 0.538. The number of aromatic nitrogens is 1. The van der Waals surface area contributed by atoms with E-state index in [-0.39, 0.29) is 5.69 Å². The minimum Gasteiger partial charge on any atom is -0.476 e. The van der Waals surface area contributed by atoms with E-state index >= 15 is 0 Å². The van der Waals surface area contributed by atoms with Gasteiger partial charge in [-0.05, 0) is 30.9 Å². The van der Waals surface area contributed by atoms with Gasteiger partial charge in [-0.15, -0.1) is 0 Å². The van der Waals surface area contributed by atoms with E-state index in [0.717, 1.165) is 12.8 Å². The third-order valence-corrected chi connectivity index (χ3v) is 3.31. The molecule has 17 heavy (non-hydrogen) atoms. The summed E-state index contributed by atoms with van der Waals surface area (Å²) in [7, 11) is 0. The van der Waals surface area contributed by atoms with Gasteiger partial charge in [-0.25, -0.2) is 9.78 Å². The molecule has 1 heterocycles. The van der Waals surface area contributed by atoms with Gasteiger partial charge in [0.2, 0.25) is 0 Å². The SMILES string of the molecule is CC1CCCC(Nc2cccnc2C(=O)O)C1. The molecule has 1 saturated carbocycles.